The number of nitrogens with zero attached hydrogens (tertiary/aromatic N) is 1. The second kappa shape index (κ2) is 18.9. The molecule has 13 atom stereocenters. The molecular formula is C49H57NO16. The Morgan fingerprint density at radius 2 is 1.32 bits per heavy atom. The van der Waals surface area contributed by atoms with Crippen molar-refractivity contribution in [2.24, 2.45) is 23.2 Å². The number of hydrogen-bond acceptors (Lipinski definition) is 17. The zero-order valence-electron chi connectivity index (χ0n) is 38.3. The predicted octanol–water partition coefficient (Wildman–Crippen LogP) is 4.42. The van der Waals surface area contributed by atoms with Crippen molar-refractivity contribution in [3.05, 3.63) is 101 Å². The number of aromatic nitrogens is 1. The van der Waals surface area contributed by atoms with Crippen molar-refractivity contribution in [3.63, 3.8) is 0 Å². The molecule has 4 bridgehead atoms. The van der Waals surface area contributed by atoms with E-state index in [1.165, 1.54) is 19.2 Å². The van der Waals surface area contributed by atoms with Crippen LogP contribution in [0, 0.1) is 23.2 Å². The van der Waals surface area contributed by atoms with Crippen molar-refractivity contribution in [1.82, 2.24) is 4.98 Å². The second-order valence-electron chi connectivity index (χ2n) is 18.2. The topological polar surface area (TPSA) is 219 Å². The van der Waals surface area contributed by atoms with Gasteiger partial charge in [-0.15, -0.1) is 0 Å². The fraction of sp³-hybridized carbons (Fsp3) is 0.531. The van der Waals surface area contributed by atoms with Gasteiger partial charge in [-0.3, -0.25) is 29.0 Å². The van der Waals surface area contributed by atoms with Gasteiger partial charge in [-0.2, -0.15) is 0 Å². The predicted molar refractivity (Wildman–Crippen MR) is 229 cm³/mol. The standard InChI is InChI=1S/C49H57NO16/c1-27-22-36-35(20-15-21-50-36)45(56)61-25-46(7)37-38(62-30(4)52)43(64-32(6)54)48(26-60-29(3)51)42(59-24-34-18-13-10-14-19-34)39(63-31(5)53)41(65-44(55)28(27)2)47(8,57)49(48,66-46)40(37)58-23-33-16-11-9-12-17-33/h9-21,27-28,37-43,57H,22-26H2,1-8H3/t27?,28?,37?,38-,39+,40-,41+,42+,43-,46+,47+,48+,49?/m1/s1. The van der Waals surface area contributed by atoms with Crippen LogP contribution >= 0.6 is 0 Å². The van der Waals surface area contributed by atoms with E-state index in [1.807, 2.05) is 6.07 Å². The highest BCUT2D eigenvalue weighted by Gasteiger charge is 2.90. The molecule has 2 aliphatic carbocycles. The number of cyclic esters (lactones) is 1. The number of benzene rings is 2. The van der Waals surface area contributed by atoms with Crippen molar-refractivity contribution in [1.29, 1.82) is 0 Å². The van der Waals surface area contributed by atoms with Crippen LogP contribution in [-0.2, 0) is 86.2 Å². The van der Waals surface area contributed by atoms with Crippen LogP contribution in [-0.4, -0.2) is 113 Å². The highest BCUT2D eigenvalue weighted by Crippen LogP contribution is 2.70. The molecule has 354 valence electrons. The smallest absolute Gasteiger partial charge is 0.340 e. The third kappa shape index (κ3) is 8.57. The van der Waals surface area contributed by atoms with Gasteiger partial charge in [0.05, 0.1) is 36.3 Å². The molecule has 3 heterocycles. The largest absolute Gasteiger partial charge is 0.465 e. The van der Waals surface area contributed by atoms with Crippen LogP contribution in [0.3, 0.4) is 0 Å². The monoisotopic (exact) mass is 915 g/mol. The summed E-state index contributed by atoms with van der Waals surface area (Å²) in [4.78, 5) is 87.4. The molecule has 4 unspecified atom stereocenters. The Morgan fingerprint density at radius 1 is 0.742 bits per heavy atom. The summed E-state index contributed by atoms with van der Waals surface area (Å²) in [7, 11) is 0. The highest BCUT2D eigenvalue weighted by atomic mass is 16.7. The summed E-state index contributed by atoms with van der Waals surface area (Å²) < 4.78 is 58.7. The van der Waals surface area contributed by atoms with Gasteiger partial charge >= 0.3 is 35.8 Å². The first-order chi connectivity index (χ1) is 31.3. The maximum atomic E-state index is 14.7. The van der Waals surface area contributed by atoms with Gasteiger partial charge < -0.3 is 47.7 Å². The van der Waals surface area contributed by atoms with E-state index in [0.29, 0.717) is 16.8 Å². The number of ether oxygens (including phenoxy) is 9. The molecule has 17 heteroatoms. The first-order valence-electron chi connectivity index (χ1n) is 22.0. The van der Waals surface area contributed by atoms with Gasteiger partial charge in [0.2, 0.25) is 0 Å². The lowest BCUT2D eigenvalue weighted by atomic mass is 9.45. The summed E-state index contributed by atoms with van der Waals surface area (Å²) in [5.74, 6) is -7.90. The van der Waals surface area contributed by atoms with Crippen LogP contribution in [0.4, 0.5) is 0 Å². The van der Waals surface area contributed by atoms with Crippen molar-refractivity contribution in [2.75, 3.05) is 13.2 Å². The van der Waals surface area contributed by atoms with Crippen LogP contribution in [0.15, 0.2) is 79.0 Å². The Labute approximate surface area is 382 Å². The van der Waals surface area contributed by atoms with E-state index in [2.05, 4.69) is 4.98 Å². The number of carbonyl (C=O) groups excluding carboxylic acids is 6. The Balaban J connectivity index is 1.61. The number of pyridine rings is 1. The van der Waals surface area contributed by atoms with Gasteiger partial charge in [-0.1, -0.05) is 74.5 Å². The lowest BCUT2D eigenvalue weighted by Gasteiger charge is -2.68. The Hall–Kier alpha value is -5.75. The van der Waals surface area contributed by atoms with Gasteiger partial charge in [0.15, 0.2) is 18.3 Å². The fourth-order valence-corrected chi connectivity index (χ4v) is 10.7. The number of hydrogen-bond donors (Lipinski definition) is 1. The molecule has 3 aromatic rings. The van der Waals surface area contributed by atoms with E-state index in [1.54, 1.807) is 81.4 Å². The first kappa shape index (κ1) is 48.2. The van der Waals surface area contributed by atoms with E-state index in [-0.39, 0.29) is 25.2 Å². The van der Waals surface area contributed by atoms with Gasteiger partial charge in [-0.25, -0.2) is 4.79 Å². The SMILES string of the molecule is CC(=O)OC[C@]12[C@H](OC(C)=O)[C@H](OC(C)=O)C3[C@@H](OCc4ccccc4)C14O[C@@]3(C)COC(=O)c1cccnc1CC(C)C(C)C(=O)O[C@@H]([C@H](OC(C)=O)[C@@H]2OCc1ccccc1)[C@]4(C)O. The quantitative estimate of drug-likeness (QED) is 0.208. The lowest BCUT2D eigenvalue weighted by molar-refractivity contribution is -0.395. The van der Waals surface area contributed by atoms with Crippen LogP contribution < -0.4 is 0 Å². The van der Waals surface area contributed by atoms with Crippen LogP contribution in [0.25, 0.3) is 0 Å². The summed E-state index contributed by atoms with van der Waals surface area (Å²) in [5, 5.41) is 14.0. The van der Waals surface area contributed by atoms with Gasteiger partial charge in [0, 0.05) is 33.9 Å². The number of rotatable bonds is 11. The third-order valence-electron chi connectivity index (χ3n) is 13.6. The average Bonchev–Trinajstić information content (AvgIpc) is 3.50. The van der Waals surface area contributed by atoms with E-state index < -0.39 is 126 Å². The van der Waals surface area contributed by atoms with E-state index in [0.717, 1.165) is 27.7 Å². The Kier molecular flexibility index (Phi) is 13.8. The molecule has 1 spiro atoms. The van der Waals surface area contributed by atoms with E-state index >= 15 is 0 Å². The molecule has 17 nitrogen and oxygen atoms in total. The highest BCUT2D eigenvalue weighted by molar-refractivity contribution is 5.90. The minimum Gasteiger partial charge on any atom is -0.465 e. The minimum atomic E-state index is -2.62. The average molecular weight is 916 g/mol. The number of fused-ring (bicyclic) bond motifs is 5. The minimum absolute atomic E-state index is 0.105. The van der Waals surface area contributed by atoms with E-state index in [4.69, 9.17) is 42.6 Å². The molecule has 4 aliphatic rings. The summed E-state index contributed by atoms with van der Waals surface area (Å²) >= 11 is 0. The molecule has 66 heavy (non-hydrogen) atoms. The number of aliphatic hydroxyl groups is 1. The summed E-state index contributed by atoms with van der Waals surface area (Å²) in [5.41, 5.74) is -7.58. The van der Waals surface area contributed by atoms with Crippen molar-refractivity contribution < 1.29 is 76.5 Å². The number of esters is 6. The van der Waals surface area contributed by atoms with Crippen LogP contribution in [0.2, 0.25) is 0 Å². The first-order valence-corrected chi connectivity index (χ1v) is 22.0. The second-order valence-corrected chi connectivity index (χ2v) is 18.2. The zero-order chi connectivity index (χ0) is 47.8. The molecule has 0 radical (unpaired) electrons. The summed E-state index contributed by atoms with van der Waals surface area (Å²) in [6.45, 7) is 8.90. The summed E-state index contributed by atoms with van der Waals surface area (Å²) in [6, 6.07) is 20.9. The fourth-order valence-electron chi connectivity index (χ4n) is 10.7. The molecule has 1 N–H and O–H groups in total. The van der Waals surface area contributed by atoms with Gasteiger partial charge in [0.1, 0.15) is 53.7 Å². The van der Waals surface area contributed by atoms with Crippen molar-refractivity contribution in [3.8, 4) is 0 Å². The molecule has 1 saturated heterocycles. The molecule has 3 fully saturated rings. The van der Waals surface area contributed by atoms with Crippen molar-refractivity contribution in [2.45, 2.75) is 128 Å². The Morgan fingerprint density at radius 3 is 1.89 bits per heavy atom. The maximum Gasteiger partial charge on any atom is 0.340 e. The molecular weight excluding hydrogens is 859 g/mol. The van der Waals surface area contributed by atoms with Gasteiger partial charge in [-0.05, 0) is 49.4 Å². The Bertz CT molecular complexity index is 2310. The normalized spacial score (nSPS) is 34.9. The molecule has 0 amide bonds. The third-order valence-corrected chi connectivity index (χ3v) is 13.6. The van der Waals surface area contributed by atoms with Gasteiger partial charge in [0.25, 0.3) is 0 Å². The van der Waals surface area contributed by atoms with Crippen LogP contribution in [0.1, 0.15) is 82.6 Å². The van der Waals surface area contributed by atoms with Crippen molar-refractivity contribution >= 4 is 35.8 Å². The summed E-state index contributed by atoms with van der Waals surface area (Å²) in [6.07, 6.45) is -8.69. The maximum absolute atomic E-state index is 14.7. The lowest BCUT2D eigenvalue weighted by Crippen LogP contribution is -2.89. The van der Waals surface area contributed by atoms with Crippen LogP contribution in [0.5, 0.6) is 0 Å². The molecule has 7 rings (SSSR count). The molecule has 2 saturated carbocycles. The molecule has 2 aromatic carbocycles. The zero-order valence-corrected chi connectivity index (χ0v) is 38.3. The van der Waals surface area contributed by atoms with E-state index in [9.17, 15) is 33.9 Å². The number of carbonyl (C=O) groups is 6. The molecule has 1 aromatic heterocycles. The molecule has 2 aliphatic heterocycles.